The molecular formula is C28H24N4O5S2. The number of rotatable bonds is 10. The minimum absolute atomic E-state index is 0.0182. The van der Waals surface area contributed by atoms with Gasteiger partial charge >= 0.3 is 10.1 Å². The lowest BCUT2D eigenvalue weighted by Gasteiger charge is -2.18. The highest BCUT2D eigenvalue weighted by molar-refractivity contribution is 7.98. The number of hydrogen-bond acceptors (Lipinski definition) is 9. The Balaban J connectivity index is 1.76. The van der Waals surface area contributed by atoms with Crippen LogP contribution in [0.25, 0.3) is 0 Å². The summed E-state index contributed by atoms with van der Waals surface area (Å²) >= 11 is 1.21. The standard InChI is InChI=1S/C28H24N4O5S2/c1-3-24-26(25(17-29)21-7-5-4-6-8-21)30-28(38-18-20-11-13-22(14-12-20)32(33)34)31-27(24)37-39(35,36)23-15-9-19(2)10-16-23/h4-16,25H,3,18H2,1-2H3. The number of nitrogens with zero attached hydrogens (tertiary/aromatic N) is 4. The molecule has 0 bridgehead atoms. The number of hydrogen-bond donors (Lipinski definition) is 0. The molecule has 0 saturated heterocycles. The van der Waals surface area contributed by atoms with E-state index in [2.05, 4.69) is 16.0 Å². The van der Waals surface area contributed by atoms with Gasteiger partial charge in [0.1, 0.15) is 10.8 Å². The molecule has 9 nitrogen and oxygen atoms in total. The van der Waals surface area contributed by atoms with Crippen molar-refractivity contribution >= 4 is 27.6 Å². The Labute approximate surface area is 230 Å². The maximum Gasteiger partial charge on any atom is 0.340 e. The van der Waals surface area contributed by atoms with E-state index < -0.39 is 21.0 Å². The second kappa shape index (κ2) is 12.1. The Kier molecular flexibility index (Phi) is 8.59. The van der Waals surface area contributed by atoms with Crippen molar-refractivity contribution in [1.82, 2.24) is 9.97 Å². The number of thioether (sulfide) groups is 1. The van der Waals surface area contributed by atoms with E-state index in [0.29, 0.717) is 29.0 Å². The third kappa shape index (κ3) is 6.60. The number of benzene rings is 3. The van der Waals surface area contributed by atoms with Crippen LogP contribution < -0.4 is 4.18 Å². The largest absolute Gasteiger partial charge is 0.358 e. The molecule has 0 amide bonds. The molecule has 11 heteroatoms. The van der Waals surface area contributed by atoms with Crippen LogP contribution in [0.2, 0.25) is 0 Å². The highest BCUT2D eigenvalue weighted by Gasteiger charge is 2.27. The van der Waals surface area contributed by atoms with E-state index in [1.165, 1.54) is 36.0 Å². The number of aromatic nitrogens is 2. The van der Waals surface area contributed by atoms with Gasteiger partial charge in [-0.05, 0) is 36.6 Å². The van der Waals surface area contributed by atoms with Crippen LogP contribution in [-0.4, -0.2) is 23.3 Å². The summed E-state index contributed by atoms with van der Waals surface area (Å²) < 4.78 is 31.9. The maximum atomic E-state index is 13.2. The van der Waals surface area contributed by atoms with Gasteiger partial charge in [0.05, 0.1) is 16.7 Å². The number of nitro benzene ring substituents is 1. The normalized spacial score (nSPS) is 11.9. The molecule has 1 unspecified atom stereocenters. The molecular weight excluding hydrogens is 536 g/mol. The Morgan fingerprint density at radius 2 is 1.69 bits per heavy atom. The highest BCUT2D eigenvalue weighted by Crippen LogP contribution is 2.34. The second-order valence-corrected chi connectivity index (χ2v) is 11.1. The lowest BCUT2D eigenvalue weighted by atomic mass is 9.93. The zero-order chi connectivity index (χ0) is 28.0. The van der Waals surface area contributed by atoms with Gasteiger partial charge in [-0.2, -0.15) is 18.7 Å². The van der Waals surface area contributed by atoms with Gasteiger partial charge in [-0.3, -0.25) is 10.1 Å². The molecule has 198 valence electrons. The van der Waals surface area contributed by atoms with Crippen LogP contribution in [0, 0.1) is 28.4 Å². The van der Waals surface area contributed by atoms with Crippen LogP contribution in [0.5, 0.6) is 5.88 Å². The van der Waals surface area contributed by atoms with Crippen molar-refractivity contribution in [3.05, 3.63) is 117 Å². The van der Waals surface area contributed by atoms with Gasteiger partial charge in [-0.15, -0.1) is 0 Å². The lowest BCUT2D eigenvalue weighted by molar-refractivity contribution is -0.384. The summed E-state index contributed by atoms with van der Waals surface area (Å²) in [7, 11) is -4.22. The quantitative estimate of drug-likeness (QED) is 0.0755. The fourth-order valence-electron chi connectivity index (χ4n) is 3.82. The van der Waals surface area contributed by atoms with E-state index in [-0.39, 0.29) is 21.6 Å². The number of non-ortho nitro benzene ring substituents is 1. The molecule has 1 aromatic heterocycles. The van der Waals surface area contributed by atoms with Crippen molar-refractivity contribution < 1.29 is 17.5 Å². The summed E-state index contributed by atoms with van der Waals surface area (Å²) in [5.41, 5.74) is 3.14. The van der Waals surface area contributed by atoms with Gasteiger partial charge < -0.3 is 4.18 Å². The van der Waals surface area contributed by atoms with Crippen LogP contribution in [0.15, 0.2) is 88.9 Å². The van der Waals surface area contributed by atoms with E-state index in [4.69, 9.17) is 4.18 Å². The molecule has 0 saturated carbocycles. The van der Waals surface area contributed by atoms with Gasteiger partial charge in [0.25, 0.3) is 5.69 Å². The molecule has 1 atom stereocenters. The zero-order valence-corrected chi connectivity index (χ0v) is 22.8. The van der Waals surface area contributed by atoms with Gasteiger partial charge in [0, 0.05) is 23.4 Å². The SMILES string of the molecule is CCc1c(OS(=O)(=O)c2ccc(C)cc2)nc(SCc2ccc([N+](=O)[O-])cc2)nc1C(C#N)c1ccccc1. The molecule has 0 aliphatic rings. The van der Waals surface area contributed by atoms with Gasteiger partial charge in [-0.1, -0.05) is 78.8 Å². The van der Waals surface area contributed by atoms with Crippen molar-refractivity contribution in [2.24, 2.45) is 0 Å². The average Bonchev–Trinajstić information content (AvgIpc) is 2.93. The van der Waals surface area contributed by atoms with Crippen LogP contribution in [-0.2, 0) is 22.3 Å². The van der Waals surface area contributed by atoms with E-state index >= 15 is 0 Å². The Bertz CT molecular complexity index is 1620. The average molecular weight is 561 g/mol. The third-order valence-corrected chi connectivity index (χ3v) is 8.03. The van der Waals surface area contributed by atoms with Gasteiger partial charge in [-0.25, -0.2) is 4.98 Å². The molecule has 0 aliphatic heterocycles. The summed E-state index contributed by atoms with van der Waals surface area (Å²) in [6.07, 6.45) is 0.326. The first-order chi connectivity index (χ1) is 18.7. The van der Waals surface area contributed by atoms with Crippen molar-refractivity contribution in [1.29, 1.82) is 5.26 Å². The summed E-state index contributed by atoms with van der Waals surface area (Å²) in [6.45, 7) is 3.67. The minimum Gasteiger partial charge on any atom is -0.358 e. The molecule has 3 aromatic carbocycles. The molecule has 0 fully saturated rings. The predicted molar refractivity (Wildman–Crippen MR) is 147 cm³/mol. The fourth-order valence-corrected chi connectivity index (χ4v) is 5.53. The summed E-state index contributed by atoms with van der Waals surface area (Å²) in [5, 5.41) is 21.3. The second-order valence-electron chi connectivity index (χ2n) is 8.56. The molecule has 39 heavy (non-hydrogen) atoms. The summed E-state index contributed by atoms with van der Waals surface area (Å²) in [4.78, 5) is 19.6. The van der Waals surface area contributed by atoms with Gasteiger partial charge in [0.15, 0.2) is 5.16 Å². The van der Waals surface area contributed by atoms with Crippen molar-refractivity contribution in [3.8, 4) is 11.9 Å². The number of nitriles is 1. The fraction of sp³-hybridized carbons (Fsp3) is 0.179. The van der Waals surface area contributed by atoms with Crippen LogP contribution in [0.3, 0.4) is 0 Å². The summed E-state index contributed by atoms with van der Waals surface area (Å²) in [5.74, 6) is -0.562. The number of nitro groups is 1. The molecule has 0 N–H and O–H groups in total. The Hall–Kier alpha value is -4.27. The van der Waals surface area contributed by atoms with E-state index in [9.17, 15) is 23.8 Å². The smallest absolute Gasteiger partial charge is 0.340 e. The molecule has 4 rings (SSSR count). The maximum absolute atomic E-state index is 13.2. The van der Waals surface area contributed by atoms with E-state index in [1.807, 2.05) is 44.2 Å². The molecule has 0 spiro atoms. The molecule has 4 aromatic rings. The molecule has 0 aliphatic carbocycles. The van der Waals surface area contributed by atoms with Crippen LogP contribution in [0.1, 0.15) is 40.8 Å². The Morgan fingerprint density at radius 3 is 2.28 bits per heavy atom. The van der Waals surface area contributed by atoms with Gasteiger partial charge in [0.2, 0.25) is 5.88 Å². The molecule has 1 heterocycles. The first-order valence-electron chi connectivity index (χ1n) is 11.9. The predicted octanol–water partition coefficient (Wildman–Crippen LogP) is 5.97. The topological polar surface area (TPSA) is 136 Å². The van der Waals surface area contributed by atoms with Crippen molar-refractivity contribution in [2.75, 3.05) is 0 Å². The first kappa shape index (κ1) is 27.8. The summed E-state index contributed by atoms with van der Waals surface area (Å²) in [6, 6.07) is 23.7. The zero-order valence-electron chi connectivity index (χ0n) is 21.1. The van der Waals surface area contributed by atoms with Crippen LogP contribution >= 0.6 is 11.8 Å². The Morgan fingerprint density at radius 1 is 1.03 bits per heavy atom. The number of aryl methyl sites for hydroxylation is 1. The van der Waals surface area contributed by atoms with Crippen LogP contribution in [0.4, 0.5) is 5.69 Å². The minimum atomic E-state index is -4.22. The molecule has 0 radical (unpaired) electrons. The lowest BCUT2D eigenvalue weighted by Crippen LogP contribution is -2.16. The first-order valence-corrected chi connectivity index (χ1v) is 14.3. The van der Waals surface area contributed by atoms with Crippen molar-refractivity contribution in [3.63, 3.8) is 0 Å². The van der Waals surface area contributed by atoms with E-state index in [1.54, 1.807) is 24.3 Å². The van der Waals surface area contributed by atoms with E-state index in [0.717, 1.165) is 11.1 Å². The highest BCUT2D eigenvalue weighted by atomic mass is 32.2. The van der Waals surface area contributed by atoms with Crippen molar-refractivity contribution in [2.45, 2.75) is 42.0 Å². The third-order valence-electron chi connectivity index (χ3n) is 5.88. The monoisotopic (exact) mass is 560 g/mol.